The van der Waals surface area contributed by atoms with E-state index in [0.29, 0.717) is 23.4 Å². The summed E-state index contributed by atoms with van der Waals surface area (Å²) in [6.07, 6.45) is 3.15. The molecule has 0 aliphatic carbocycles. The minimum absolute atomic E-state index is 0.0661. The summed E-state index contributed by atoms with van der Waals surface area (Å²) in [5.41, 5.74) is 0. The molecule has 0 radical (unpaired) electrons. The number of aliphatic hydroxyl groups excluding tert-OH is 2. The second-order valence-electron chi connectivity index (χ2n) is 3.34. The molecule has 0 aliphatic heterocycles. The Morgan fingerprint density at radius 1 is 1.18 bits per heavy atom. The topological polar surface area (TPSA) is 63.9 Å². The van der Waals surface area contributed by atoms with Crippen molar-refractivity contribution >= 4 is 12.2 Å². The van der Waals surface area contributed by atoms with Crippen LogP contribution >= 0.6 is 12.2 Å². The molecule has 1 aromatic rings. The molecule has 0 saturated heterocycles. The minimum atomic E-state index is -0.0661. The molecule has 1 aromatic heterocycles. The average molecular weight is 259 g/mol. The van der Waals surface area contributed by atoms with Gasteiger partial charge in [-0.2, -0.15) is 4.73 Å². The zero-order valence-electron chi connectivity index (χ0n) is 9.54. The van der Waals surface area contributed by atoms with E-state index < -0.39 is 0 Å². The normalized spacial score (nSPS) is 10.2. The third kappa shape index (κ3) is 4.72. The molecule has 2 N–H and O–H groups in total. The van der Waals surface area contributed by atoms with E-state index in [9.17, 15) is 0 Å². The lowest BCUT2D eigenvalue weighted by atomic mass is 10.3. The molecule has 0 bridgehead atoms. The van der Waals surface area contributed by atoms with Crippen molar-refractivity contribution in [1.82, 2.24) is 4.73 Å². The first-order chi connectivity index (χ1) is 8.29. The highest BCUT2D eigenvalue weighted by atomic mass is 32.1. The Bertz CT molecular complexity index is 380. The first-order valence-electron chi connectivity index (χ1n) is 5.49. The summed E-state index contributed by atoms with van der Waals surface area (Å²) >= 11 is 5.17. The average Bonchev–Trinajstić information content (AvgIpc) is 2.35. The van der Waals surface area contributed by atoms with E-state index in [1.807, 2.05) is 0 Å². The Kier molecular flexibility index (Phi) is 6.61. The van der Waals surface area contributed by atoms with Gasteiger partial charge in [-0.25, -0.2) is 0 Å². The number of unbranched alkanes of at least 4 members (excludes halogenated alkanes) is 1. The molecule has 0 unspecified atom stereocenters. The fourth-order valence-electron chi connectivity index (χ4n) is 1.20. The molecule has 0 amide bonds. The zero-order chi connectivity index (χ0) is 12.5. The van der Waals surface area contributed by atoms with Crippen LogP contribution in [0.5, 0.6) is 5.75 Å². The van der Waals surface area contributed by atoms with Crippen molar-refractivity contribution in [2.24, 2.45) is 0 Å². The molecule has 0 aromatic carbocycles. The molecule has 0 aliphatic rings. The van der Waals surface area contributed by atoms with Crippen LogP contribution in [0, 0.1) is 4.64 Å². The van der Waals surface area contributed by atoms with Gasteiger partial charge in [0.2, 0.25) is 0 Å². The Balaban J connectivity index is 2.57. The third-order valence-corrected chi connectivity index (χ3v) is 2.39. The Morgan fingerprint density at radius 3 is 2.71 bits per heavy atom. The van der Waals surface area contributed by atoms with E-state index in [0.717, 1.165) is 6.42 Å². The monoisotopic (exact) mass is 259 g/mol. The van der Waals surface area contributed by atoms with E-state index in [1.165, 1.54) is 4.73 Å². The van der Waals surface area contributed by atoms with Crippen LogP contribution in [0.15, 0.2) is 18.3 Å². The summed E-state index contributed by atoms with van der Waals surface area (Å²) in [6, 6.07) is 3.52. The summed E-state index contributed by atoms with van der Waals surface area (Å²) < 4.78 is 7.31. The lowest BCUT2D eigenvalue weighted by Crippen LogP contribution is -2.16. The van der Waals surface area contributed by atoms with Crippen LogP contribution in [0.3, 0.4) is 0 Å². The summed E-state index contributed by atoms with van der Waals surface area (Å²) in [5, 5.41) is 17.3. The molecule has 6 heteroatoms. The van der Waals surface area contributed by atoms with Gasteiger partial charge in [0.25, 0.3) is 0 Å². The van der Waals surface area contributed by atoms with E-state index in [-0.39, 0.29) is 19.8 Å². The molecule has 17 heavy (non-hydrogen) atoms. The van der Waals surface area contributed by atoms with E-state index in [2.05, 4.69) is 0 Å². The largest absolute Gasteiger partial charge is 0.490 e. The fourth-order valence-corrected chi connectivity index (χ4v) is 1.44. The number of rotatable bonds is 8. The van der Waals surface area contributed by atoms with Gasteiger partial charge in [-0.1, -0.05) is 12.2 Å². The third-order valence-electron chi connectivity index (χ3n) is 2.01. The fraction of sp³-hybridized carbons (Fsp3) is 0.545. The summed E-state index contributed by atoms with van der Waals surface area (Å²) in [7, 11) is 0. The van der Waals surface area contributed by atoms with Crippen LogP contribution < -0.4 is 9.57 Å². The Hall–Kier alpha value is -1.11. The van der Waals surface area contributed by atoms with Crippen LogP contribution in [0.1, 0.15) is 12.8 Å². The van der Waals surface area contributed by atoms with E-state index >= 15 is 0 Å². The molecule has 5 nitrogen and oxygen atoms in total. The molecule has 0 atom stereocenters. The van der Waals surface area contributed by atoms with Gasteiger partial charge in [0, 0.05) is 12.8 Å². The summed E-state index contributed by atoms with van der Waals surface area (Å²) in [5.74, 6) is 0.568. The van der Waals surface area contributed by atoms with Crippen molar-refractivity contribution in [3.63, 3.8) is 0 Å². The number of nitrogens with zero attached hydrogens (tertiary/aromatic N) is 1. The molecular weight excluding hydrogens is 242 g/mol. The van der Waals surface area contributed by atoms with Crippen LogP contribution in [0.25, 0.3) is 0 Å². The highest BCUT2D eigenvalue weighted by molar-refractivity contribution is 7.71. The molecule has 0 fully saturated rings. The van der Waals surface area contributed by atoms with Crippen molar-refractivity contribution in [1.29, 1.82) is 0 Å². The van der Waals surface area contributed by atoms with Crippen LogP contribution in [0.2, 0.25) is 0 Å². The lowest BCUT2D eigenvalue weighted by molar-refractivity contribution is 0.0704. The van der Waals surface area contributed by atoms with Crippen LogP contribution in [-0.4, -0.2) is 41.4 Å². The molecule has 0 spiro atoms. The van der Waals surface area contributed by atoms with Crippen molar-refractivity contribution in [3.05, 3.63) is 23.0 Å². The minimum Gasteiger partial charge on any atom is -0.490 e. The lowest BCUT2D eigenvalue weighted by Gasteiger charge is -2.11. The van der Waals surface area contributed by atoms with Crippen molar-refractivity contribution in [2.75, 3.05) is 26.4 Å². The smallest absolute Gasteiger partial charge is 0.184 e. The molecular formula is C11H17NO4S. The van der Waals surface area contributed by atoms with Gasteiger partial charge >= 0.3 is 0 Å². The predicted molar refractivity (Wildman–Crippen MR) is 65.6 cm³/mol. The van der Waals surface area contributed by atoms with Gasteiger partial charge in [-0.15, -0.1) is 0 Å². The van der Waals surface area contributed by atoms with E-state index in [4.69, 9.17) is 32.0 Å². The maximum atomic E-state index is 8.66. The second kappa shape index (κ2) is 8.05. The number of hydrogen-bond donors (Lipinski definition) is 2. The van der Waals surface area contributed by atoms with Gasteiger partial charge in [0.05, 0.1) is 13.2 Å². The number of aromatic nitrogens is 1. The highest BCUT2D eigenvalue weighted by Crippen LogP contribution is 2.12. The second-order valence-corrected chi connectivity index (χ2v) is 3.73. The van der Waals surface area contributed by atoms with Gasteiger partial charge < -0.3 is 19.8 Å². The van der Waals surface area contributed by atoms with Gasteiger partial charge in [0.1, 0.15) is 6.61 Å². The van der Waals surface area contributed by atoms with Gasteiger partial charge in [-0.3, -0.25) is 0 Å². The Labute approximate surface area is 105 Å². The summed E-state index contributed by atoms with van der Waals surface area (Å²) in [6.45, 7) is 0.790. The number of aliphatic hydroxyl groups is 2. The van der Waals surface area contributed by atoms with Crippen molar-refractivity contribution in [3.8, 4) is 5.75 Å². The number of hydrogen-bond acceptors (Lipinski definition) is 5. The van der Waals surface area contributed by atoms with Gasteiger partial charge in [-0.05, 0) is 25.0 Å². The molecule has 1 heterocycles. The Morgan fingerprint density at radius 2 is 2.00 bits per heavy atom. The predicted octanol–water partition coefficient (Wildman–Crippen LogP) is 0.790. The standard InChI is InChI=1S/C11H17NO4S/c13-6-1-2-8-15-10-4-3-5-12(11(10)17)16-9-7-14/h3-5,13-14H,1-2,6-9H2. The molecule has 0 saturated carbocycles. The highest BCUT2D eigenvalue weighted by Gasteiger charge is 2.01. The maximum absolute atomic E-state index is 8.66. The van der Waals surface area contributed by atoms with Gasteiger partial charge in [0.15, 0.2) is 10.4 Å². The molecule has 96 valence electrons. The quantitative estimate of drug-likeness (QED) is 0.534. The zero-order valence-corrected chi connectivity index (χ0v) is 10.4. The van der Waals surface area contributed by atoms with Crippen LogP contribution in [-0.2, 0) is 0 Å². The van der Waals surface area contributed by atoms with E-state index in [1.54, 1.807) is 18.3 Å². The first-order valence-corrected chi connectivity index (χ1v) is 5.90. The maximum Gasteiger partial charge on any atom is 0.184 e. The van der Waals surface area contributed by atoms with Crippen molar-refractivity contribution in [2.45, 2.75) is 12.8 Å². The van der Waals surface area contributed by atoms with Crippen LogP contribution in [0.4, 0.5) is 0 Å². The summed E-state index contributed by atoms with van der Waals surface area (Å²) in [4.78, 5) is 5.20. The van der Waals surface area contributed by atoms with Crippen molar-refractivity contribution < 1.29 is 19.8 Å². The SMILES string of the molecule is OCCCCOc1cccn(OCCO)c1=S. The molecule has 1 rings (SSSR count). The number of ether oxygens (including phenoxy) is 1. The first kappa shape index (κ1) is 14.0. The number of pyridine rings is 1.